The van der Waals surface area contributed by atoms with Gasteiger partial charge in [0, 0.05) is 0 Å². The standard InChI is InChI=1S/C11H14N2O6S/c14-7-9(11(16)17)13-10(15)6-12-20(18,19)8-4-2-1-3-5-8/h1-5,9,12,14H,6-7H2,(H,13,15)(H,16,17)/t9-/m1/s1. The monoisotopic (exact) mass is 302 g/mol. The minimum atomic E-state index is -3.84. The zero-order chi connectivity index (χ0) is 15.2. The van der Waals surface area contributed by atoms with Crippen molar-refractivity contribution in [1.29, 1.82) is 0 Å². The van der Waals surface area contributed by atoms with Gasteiger partial charge in [0.05, 0.1) is 18.0 Å². The van der Waals surface area contributed by atoms with Gasteiger partial charge in [0.25, 0.3) is 0 Å². The summed E-state index contributed by atoms with van der Waals surface area (Å²) in [6.45, 7) is -1.41. The van der Waals surface area contributed by atoms with Gasteiger partial charge in [0.15, 0.2) is 0 Å². The minimum absolute atomic E-state index is 0.00950. The Bertz CT molecular complexity index is 572. The Hall–Kier alpha value is -1.97. The molecule has 1 atom stereocenters. The van der Waals surface area contributed by atoms with Crippen molar-refractivity contribution in [2.75, 3.05) is 13.2 Å². The van der Waals surface area contributed by atoms with Crippen LogP contribution >= 0.6 is 0 Å². The highest BCUT2D eigenvalue weighted by Gasteiger charge is 2.20. The molecule has 0 unspecified atom stereocenters. The number of carbonyl (C=O) groups is 2. The molecule has 8 nitrogen and oxygen atoms in total. The predicted molar refractivity (Wildman–Crippen MR) is 68.3 cm³/mol. The molecule has 0 fully saturated rings. The Morgan fingerprint density at radius 3 is 2.30 bits per heavy atom. The lowest BCUT2D eigenvalue weighted by molar-refractivity contribution is -0.142. The van der Waals surface area contributed by atoms with Gasteiger partial charge in [0.2, 0.25) is 15.9 Å². The summed E-state index contributed by atoms with van der Waals surface area (Å²) in [5, 5.41) is 19.3. The van der Waals surface area contributed by atoms with Crippen molar-refractivity contribution in [3.05, 3.63) is 30.3 Å². The number of aliphatic hydroxyl groups excluding tert-OH is 1. The molecule has 0 radical (unpaired) electrons. The Morgan fingerprint density at radius 2 is 1.80 bits per heavy atom. The van der Waals surface area contributed by atoms with Crippen LogP contribution in [0.4, 0.5) is 0 Å². The van der Waals surface area contributed by atoms with Gasteiger partial charge in [-0.1, -0.05) is 18.2 Å². The van der Waals surface area contributed by atoms with Crippen LogP contribution in [0.25, 0.3) is 0 Å². The number of rotatable bonds is 7. The molecule has 110 valence electrons. The smallest absolute Gasteiger partial charge is 0.328 e. The van der Waals surface area contributed by atoms with Crippen LogP contribution in [0.1, 0.15) is 0 Å². The molecule has 1 aromatic rings. The fourth-order valence-electron chi connectivity index (χ4n) is 1.27. The lowest BCUT2D eigenvalue weighted by Crippen LogP contribution is -2.47. The summed E-state index contributed by atoms with van der Waals surface area (Å²) in [6.07, 6.45) is 0. The van der Waals surface area contributed by atoms with Crippen LogP contribution in [-0.2, 0) is 19.6 Å². The number of nitrogens with one attached hydrogen (secondary N) is 2. The molecule has 1 aromatic carbocycles. The van der Waals surface area contributed by atoms with E-state index in [-0.39, 0.29) is 4.90 Å². The lowest BCUT2D eigenvalue weighted by atomic mass is 10.3. The van der Waals surface area contributed by atoms with Crippen molar-refractivity contribution >= 4 is 21.9 Å². The van der Waals surface area contributed by atoms with Gasteiger partial charge in [-0.3, -0.25) is 4.79 Å². The molecule has 0 spiro atoms. The molecule has 0 saturated heterocycles. The van der Waals surface area contributed by atoms with Crippen LogP contribution in [0.15, 0.2) is 35.2 Å². The first-order chi connectivity index (χ1) is 9.36. The number of carboxylic acid groups (broad SMARTS) is 1. The van der Waals surface area contributed by atoms with Crippen molar-refractivity contribution in [2.45, 2.75) is 10.9 Å². The van der Waals surface area contributed by atoms with Crippen molar-refractivity contribution in [1.82, 2.24) is 10.0 Å². The summed E-state index contributed by atoms with van der Waals surface area (Å²) in [5.41, 5.74) is 0. The minimum Gasteiger partial charge on any atom is -0.480 e. The van der Waals surface area contributed by atoms with E-state index in [0.717, 1.165) is 0 Å². The topological polar surface area (TPSA) is 133 Å². The number of carbonyl (C=O) groups excluding carboxylic acids is 1. The molecule has 0 aliphatic heterocycles. The molecule has 1 amide bonds. The highest BCUT2D eigenvalue weighted by Crippen LogP contribution is 2.06. The number of amides is 1. The van der Waals surface area contributed by atoms with Gasteiger partial charge in [-0.05, 0) is 12.1 Å². The average Bonchev–Trinajstić information content (AvgIpc) is 2.43. The predicted octanol–water partition coefficient (Wildman–Crippen LogP) is -1.47. The van der Waals surface area contributed by atoms with Gasteiger partial charge >= 0.3 is 5.97 Å². The highest BCUT2D eigenvalue weighted by atomic mass is 32.2. The van der Waals surface area contributed by atoms with Crippen LogP contribution in [0.5, 0.6) is 0 Å². The second-order valence-electron chi connectivity index (χ2n) is 3.78. The number of hydrogen-bond donors (Lipinski definition) is 4. The third-order valence-corrected chi connectivity index (χ3v) is 3.71. The van der Waals surface area contributed by atoms with E-state index in [1.54, 1.807) is 6.07 Å². The molecule has 0 saturated carbocycles. The van der Waals surface area contributed by atoms with E-state index >= 15 is 0 Å². The average molecular weight is 302 g/mol. The number of carboxylic acids is 1. The van der Waals surface area contributed by atoms with Crippen molar-refractivity contribution in [3.63, 3.8) is 0 Å². The van der Waals surface area contributed by atoms with E-state index < -0.39 is 41.1 Å². The first-order valence-corrected chi connectivity index (χ1v) is 7.03. The summed E-state index contributed by atoms with van der Waals surface area (Å²) < 4.78 is 25.6. The maximum Gasteiger partial charge on any atom is 0.328 e. The summed E-state index contributed by atoms with van der Waals surface area (Å²) in [5.74, 6) is -2.27. The molecular weight excluding hydrogens is 288 g/mol. The Kier molecular flexibility index (Phi) is 5.62. The van der Waals surface area contributed by atoms with E-state index in [9.17, 15) is 18.0 Å². The number of benzene rings is 1. The molecule has 0 heterocycles. The SMILES string of the molecule is O=C(CNS(=O)(=O)c1ccccc1)N[C@H](CO)C(=O)O. The first kappa shape index (κ1) is 16.1. The Labute approximate surface area is 115 Å². The quantitative estimate of drug-likeness (QED) is 0.486. The van der Waals surface area contributed by atoms with Crippen LogP contribution in [0.2, 0.25) is 0 Å². The van der Waals surface area contributed by atoms with E-state index in [0.29, 0.717) is 0 Å². The third-order valence-electron chi connectivity index (χ3n) is 2.29. The molecule has 0 bridgehead atoms. The second kappa shape index (κ2) is 6.98. The molecule has 1 rings (SSSR count). The summed E-state index contributed by atoms with van der Waals surface area (Å²) >= 11 is 0. The normalized spacial score (nSPS) is 12.7. The molecule has 9 heteroatoms. The third kappa shape index (κ3) is 4.61. The van der Waals surface area contributed by atoms with Crippen molar-refractivity contribution in [2.24, 2.45) is 0 Å². The maximum absolute atomic E-state index is 11.8. The fourth-order valence-corrected chi connectivity index (χ4v) is 2.28. The number of aliphatic hydroxyl groups is 1. The van der Waals surface area contributed by atoms with Gasteiger partial charge in [-0.25, -0.2) is 17.9 Å². The fraction of sp³-hybridized carbons (Fsp3) is 0.273. The molecule has 0 aromatic heterocycles. The highest BCUT2D eigenvalue weighted by molar-refractivity contribution is 7.89. The van der Waals surface area contributed by atoms with Gasteiger partial charge in [-0.2, -0.15) is 0 Å². The van der Waals surface area contributed by atoms with Crippen molar-refractivity contribution in [3.8, 4) is 0 Å². The van der Waals surface area contributed by atoms with E-state index in [4.69, 9.17) is 10.2 Å². The van der Waals surface area contributed by atoms with Crippen LogP contribution in [0, 0.1) is 0 Å². The van der Waals surface area contributed by atoms with Crippen LogP contribution in [-0.4, -0.2) is 49.7 Å². The summed E-state index contributed by atoms with van der Waals surface area (Å²) in [6, 6.07) is 5.94. The molecule has 4 N–H and O–H groups in total. The van der Waals surface area contributed by atoms with Gasteiger partial charge < -0.3 is 15.5 Å². The van der Waals surface area contributed by atoms with E-state index in [2.05, 4.69) is 0 Å². The Morgan fingerprint density at radius 1 is 1.20 bits per heavy atom. The van der Waals surface area contributed by atoms with Gasteiger partial charge in [-0.15, -0.1) is 0 Å². The molecule has 0 aliphatic rings. The van der Waals surface area contributed by atoms with E-state index in [1.165, 1.54) is 24.3 Å². The zero-order valence-electron chi connectivity index (χ0n) is 10.3. The number of hydrogen-bond acceptors (Lipinski definition) is 5. The number of aliphatic carboxylic acids is 1. The van der Waals surface area contributed by atoms with E-state index in [1.807, 2.05) is 10.0 Å². The molecular formula is C11H14N2O6S. The van der Waals surface area contributed by atoms with Gasteiger partial charge in [0.1, 0.15) is 6.04 Å². The Balaban J connectivity index is 2.59. The molecule has 0 aliphatic carbocycles. The zero-order valence-corrected chi connectivity index (χ0v) is 11.1. The summed E-state index contributed by atoms with van der Waals surface area (Å²) in [4.78, 5) is 21.9. The van der Waals surface area contributed by atoms with Crippen molar-refractivity contribution < 1.29 is 28.2 Å². The lowest BCUT2D eigenvalue weighted by Gasteiger charge is -2.12. The second-order valence-corrected chi connectivity index (χ2v) is 5.55. The largest absolute Gasteiger partial charge is 0.480 e. The summed E-state index contributed by atoms with van der Waals surface area (Å²) in [7, 11) is -3.84. The number of sulfonamides is 1. The van der Waals surface area contributed by atoms with Crippen LogP contribution in [0.3, 0.4) is 0 Å². The molecule has 20 heavy (non-hydrogen) atoms. The van der Waals surface area contributed by atoms with Crippen LogP contribution < -0.4 is 10.0 Å². The first-order valence-electron chi connectivity index (χ1n) is 5.54. The maximum atomic E-state index is 11.8.